The van der Waals surface area contributed by atoms with Crippen molar-refractivity contribution in [3.8, 4) is 5.69 Å². The van der Waals surface area contributed by atoms with Crippen LogP contribution in [-0.4, -0.2) is 51.0 Å². The lowest BCUT2D eigenvalue weighted by Gasteiger charge is -2.29. The molecule has 0 amide bonds. The number of benzene rings is 1. The monoisotopic (exact) mass is 417 g/mol. The molecule has 4 aromatic rings. The maximum Gasteiger partial charge on any atom is 0.273 e. The molecule has 0 atom stereocenters. The first-order valence-corrected chi connectivity index (χ1v) is 10.2. The van der Waals surface area contributed by atoms with E-state index in [0.717, 1.165) is 48.9 Å². The van der Waals surface area contributed by atoms with Gasteiger partial charge in [0.2, 0.25) is 0 Å². The lowest BCUT2D eigenvalue weighted by molar-refractivity contribution is 0.122. The van der Waals surface area contributed by atoms with Crippen LogP contribution < -0.4 is 15.8 Å². The molecule has 0 unspecified atom stereocenters. The van der Waals surface area contributed by atoms with Crippen LogP contribution in [0.25, 0.3) is 16.6 Å². The van der Waals surface area contributed by atoms with Crippen LogP contribution in [0.2, 0.25) is 0 Å². The third-order valence-electron chi connectivity index (χ3n) is 5.27. The summed E-state index contributed by atoms with van der Waals surface area (Å²) in [4.78, 5) is 27.9. The number of ether oxygens (including phenoxy) is 1. The van der Waals surface area contributed by atoms with Gasteiger partial charge in [0.15, 0.2) is 0 Å². The third kappa shape index (κ3) is 3.87. The fourth-order valence-corrected chi connectivity index (χ4v) is 3.86. The number of nitrogens with one attached hydrogen (secondary N) is 2. The van der Waals surface area contributed by atoms with Gasteiger partial charge in [0.1, 0.15) is 17.5 Å². The molecule has 1 fully saturated rings. The van der Waals surface area contributed by atoms with E-state index in [1.807, 2.05) is 38.1 Å². The van der Waals surface area contributed by atoms with Gasteiger partial charge < -0.3 is 15.0 Å². The Kier molecular flexibility index (Phi) is 4.87. The van der Waals surface area contributed by atoms with Crippen LogP contribution >= 0.6 is 0 Å². The molecule has 1 saturated heterocycles. The average molecular weight is 417 g/mol. The van der Waals surface area contributed by atoms with E-state index in [1.165, 1.54) is 0 Å². The number of aromatic amines is 1. The highest BCUT2D eigenvalue weighted by atomic mass is 16.5. The van der Waals surface area contributed by atoms with Gasteiger partial charge in [-0.3, -0.25) is 14.6 Å². The highest BCUT2D eigenvalue weighted by Gasteiger charge is 2.14. The number of nitrogens with zero attached hydrogens (tertiary/aromatic N) is 5. The Morgan fingerprint density at radius 3 is 2.65 bits per heavy atom. The van der Waals surface area contributed by atoms with Crippen molar-refractivity contribution in [3.63, 3.8) is 0 Å². The van der Waals surface area contributed by atoms with E-state index < -0.39 is 0 Å². The normalized spacial score (nSPS) is 14.2. The first-order valence-electron chi connectivity index (χ1n) is 10.2. The Hall–Kier alpha value is -3.72. The molecule has 2 N–H and O–H groups in total. The summed E-state index contributed by atoms with van der Waals surface area (Å²) < 4.78 is 7.25. The topological polar surface area (TPSA) is 101 Å². The number of aryl methyl sites for hydroxylation is 2. The number of morpholine rings is 1. The highest BCUT2D eigenvalue weighted by Crippen LogP contribution is 2.24. The van der Waals surface area contributed by atoms with Gasteiger partial charge in [0.25, 0.3) is 5.56 Å². The van der Waals surface area contributed by atoms with Gasteiger partial charge >= 0.3 is 0 Å². The zero-order chi connectivity index (χ0) is 21.4. The number of hydrogen-bond acceptors (Lipinski definition) is 7. The number of fused-ring (bicyclic) bond motifs is 1. The Labute approximate surface area is 178 Å². The number of hydrogen-bond donors (Lipinski definition) is 2. The van der Waals surface area contributed by atoms with Crippen molar-refractivity contribution in [2.45, 2.75) is 13.8 Å². The van der Waals surface area contributed by atoms with E-state index in [-0.39, 0.29) is 5.56 Å². The lowest BCUT2D eigenvalue weighted by atomic mass is 10.2. The van der Waals surface area contributed by atoms with Crippen LogP contribution in [-0.2, 0) is 4.74 Å². The largest absolute Gasteiger partial charge is 0.378 e. The minimum atomic E-state index is -0.181. The van der Waals surface area contributed by atoms with Crippen LogP contribution in [0.15, 0.2) is 47.4 Å². The SMILES string of the molecule is Cc1cc(Nc2cc3c(cn2)c(=O)[nH]n3-c2cccc(N3CCOCC3)c2)nc(C)n1. The molecule has 9 heteroatoms. The van der Waals surface area contributed by atoms with E-state index in [0.29, 0.717) is 22.8 Å². The summed E-state index contributed by atoms with van der Waals surface area (Å²) in [7, 11) is 0. The summed E-state index contributed by atoms with van der Waals surface area (Å²) in [5.74, 6) is 1.94. The molecule has 0 bridgehead atoms. The predicted octanol–water partition coefficient (Wildman–Crippen LogP) is 2.70. The van der Waals surface area contributed by atoms with Crippen molar-refractivity contribution >= 4 is 28.2 Å². The van der Waals surface area contributed by atoms with E-state index in [2.05, 4.69) is 42.4 Å². The van der Waals surface area contributed by atoms with Crippen LogP contribution in [0.4, 0.5) is 17.3 Å². The molecular formula is C22H23N7O2. The number of aromatic nitrogens is 5. The molecule has 31 heavy (non-hydrogen) atoms. The minimum Gasteiger partial charge on any atom is -0.378 e. The molecule has 3 aromatic heterocycles. The predicted molar refractivity (Wildman–Crippen MR) is 120 cm³/mol. The standard InChI is InChI=1S/C22H23N7O2/c1-14-10-21(25-15(2)24-14)26-20-12-19-18(13-23-20)22(30)27-29(19)17-5-3-4-16(11-17)28-6-8-31-9-7-28/h3-5,10-13H,6-9H2,1-2H3,(H,27,30)(H,23,24,25,26). The van der Waals surface area contributed by atoms with Crippen molar-refractivity contribution in [3.05, 3.63) is 64.5 Å². The van der Waals surface area contributed by atoms with Gasteiger partial charge in [0, 0.05) is 42.8 Å². The van der Waals surface area contributed by atoms with Gasteiger partial charge in [-0.25, -0.2) is 15.0 Å². The third-order valence-corrected chi connectivity index (χ3v) is 5.27. The summed E-state index contributed by atoms with van der Waals surface area (Å²) in [6.07, 6.45) is 1.58. The van der Waals surface area contributed by atoms with Crippen molar-refractivity contribution in [1.82, 2.24) is 24.7 Å². The van der Waals surface area contributed by atoms with Crippen LogP contribution in [0.5, 0.6) is 0 Å². The summed E-state index contributed by atoms with van der Waals surface area (Å²) in [5.41, 5.74) is 3.41. The summed E-state index contributed by atoms with van der Waals surface area (Å²) >= 11 is 0. The fourth-order valence-electron chi connectivity index (χ4n) is 3.86. The molecule has 1 aromatic carbocycles. The molecule has 4 heterocycles. The van der Waals surface area contributed by atoms with Crippen molar-refractivity contribution in [2.24, 2.45) is 0 Å². The summed E-state index contributed by atoms with van der Waals surface area (Å²) in [6.45, 7) is 6.90. The molecule has 0 radical (unpaired) electrons. The number of pyridine rings is 1. The molecule has 9 nitrogen and oxygen atoms in total. The second kappa shape index (κ2) is 7.84. The molecule has 1 aliphatic heterocycles. The zero-order valence-corrected chi connectivity index (χ0v) is 17.4. The molecular weight excluding hydrogens is 394 g/mol. The van der Waals surface area contributed by atoms with E-state index in [4.69, 9.17) is 4.74 Å². The first kappa shape index (κ1) is 19.3. The molecule has 0 saturated carbocycles. The smallest absolute Gasteiger partial charge is 0.273 e. The highest BCUT2D eigenvalue weighted by molar-refractivity contribution is 5.82. The van der Waals surface area contributed by atoms with Gasteiger partial charge in [-0.15, -0.1) is 0 Å². The fraction of sp³-hybridized carbons (Fsp3) is 0.273. The van der Waals surface area contributed by atoms with Crippen molar-refractivity contribution < 1.29 is 4.74 Å². The van der Waals surface area contributed by atoms with Crippen LogP contribution in [0, 0.1) is 13.8 Å². The lowest BCUT2D eigenvalue weighted by Crippen LogP contribution is -2.36. The van der Waals surface area contributed by atoms with Crippen molar-refractivity contribution in [1.29, 1.82) is 0 Å². The zero-order valence-electron chi connectivity index (χ0n) is 17.4. The molecule has 1 aliphatic rings. The second-order valence-electron chi connectivity index (χ2n) is 7.55. The average Bonchev–Trinajstić information content (AvgIpc) is 3.10. The first-order chi connectivity index (χ1) is 15.1. The maximum absolute atomic E-state index is 12.5. The van der Waals surface area contributed by atoms with E-state index in [1.54, 1.807) is 10.9 Å². The Morgan fingerprint density at radius 1 is 1.03 bits per heavy atom. The Bertz CT molecular complexity index is 1280. The van der Waals surface area contributed by atoms with E-state index >= 15 is 0 Å². The van der Waals surface area contributed by atoms with Gasteiger partial charge in [-0.05, 0) is 32.0 Å². The van der Waals surface area contributed by atoms with Gasteiger partial charge in [0.05, 0.1) is 29.8 Å². The second-order valence-corrected chi connectivity index (χ2v) is 7.55. The minimum absolute atomic E-state index is 0.181. The van der Waals surface area contributed by atoms with Crippen molar-refractivity contribution in [2.75, 3.05) is 36.5 Å². The van der Waals surface area contributed by atoms with Gasteiger partial charge in [-0.1, -0.05) is 6.07 Å². The Balaban J connectivity index is 1.53. The molecule has 158 valence electrons. The number of rotatable bonds is 4. The van der Waals surface area contributed by atoms with E-state index in [9.17, 15) is 4.79 Å². The van der Waals surface area contributed by atoms with Crippen LogP contribution in [0.3, 0.4) is 0 Å². The maximum atomic E-state index is 12.5. The molecule has 0 aliphatic carbocycles. The molecule has 0 spiro atoms. The number of H-pyrrole nitrogens is 1. The summed E-state index contributed by atoms with van der Waals surface area (Å²) in [5, 5.41) is 6.67. The molecule has 5 rings (SSSR count). The summed E-state index contributed by atoms with van der Waals surface area (Å²) in [6, 6.07) is 11.8. The van der Waals surface area contributed by atoms with Crippen LogP contribution in [0.1, 0.15) is 11.5 Å². The number of anilines is 3. The Morgan fingerprint density at radius 2 is 1.84 bits per heavy atom. The van der Waals surface area contributed by atoms with Gasteiger partial charge in [-0.2, -0.15) is 0 Å². The quantitative estimate of drug-likeness (QED) is 0.526.